The van der Waals surface area contributed by atoms with Crippen molar-refractivity contribution >= 4 is 0 Å². The van der Waals surface area contributed by atoms with E-state index in [0.717, 1.165) is 57.0 Å². The summed E-state index contributed by atoms with van der Waals surface area (Å²) in [6, 6.07) is 13.2. The minimum Gasteiger partial charge on any atom is -0.351 e. The highest BCUT2D eigenvalue weighted by molar-refractivity contribution is 5.65. The lowest BCUT2D eigenvalue weighted by molar-refractivity contribution is -0.323. The number of aromatic nitrogens is 1. The van der Waals surface area contributed by atoms with Crippen molar-refractivity contribution in [2.24, 2.45) is 0 Å². The molecule has 0 saturated carbocycles. The summed E-state index contributed by atoms with van der Waals surface area (Å²) in [5.41, 5.74) is 1.54. The van der Waals surface area contributed by atoms with E-state index in [0.29, 0.717) is 11.6 Å². The molecule has 1 aromatic heterocycles. The predicted molar refractivity (Wildman–Crippen MR) is 118 cm³/mol. The van der Waals surface area contributed by atoms with Crippen LogP contribution in [-0.2, 0) is 18.9 Å². The van der Waals surface area contributed by atoms with Crippen LogP contribution >= 0.6 is 0 Å². The Morgan fingerprint density at radius 1 is 0.765 bits per heavy atom. The Balaban J connectivity index is 1.36. The second kappa shape index (κ2) is 9.77. The number of pyridine rings is 1. The van der Waals surface area contributed by atoms with Gasteiger partial charge in [-0.2, -0.15) is 17.6 Å². The molecule has 1 fully saturated rings. The number of aliphatic hydroxyl groups is 1. The van der Waals surface area contributed by atoms with Gasteiger partial charge in [-0.05, 0) is 34.9 Å². The summed E-state index contributed by atoms with van der Waals surface area (Å²) in [6.07, 6.45) is -1.98. The zero-order valence-corrected chi connectivity index (χ0v) is 18.3. The molecule has 0 spiro atoms. The van der Waals surface area contributed by atoms with Gasteiger partial charge in [0.25, 0.3) is 0 Å². The fraction of sp³-hybridized carbons (Fsp3) is 0.320. The van der Waals surface area contributed by atoms with E-state index in [1.165, 1.54) is 5.56 Å². The SMILES string of the molecule is OC(F)(c1ccc(-c2ccc(CN3CCN(Cc4ccncc4)CC3)cc2)c(F)c1)C(F)(F)F. The molecule has 1 unspecified atom stereocenters. The first kappa shape index (κ1) is 24.3. The lowest BCUT2D eigenvalue weighted by Crippen LogP contribution is -2.45. The van der Waals surface area contributed by atoms with Gasteiger partial charge in [0.15, 0.2) is 0 Å². The molecule has 1 aliphatic rings. The maximum absolute atomic E-state index is 14.5. The van der Waals surface area contributed by atoms with Gasteiger partial charge in [-0.25, -0.2) is 4.39 Å². The summed E-state index contributed by atoms with van der Waals surface area (Å²) < 4.78 is 66.2. The van der Waals surface area contributed by atoms with E-state index in [1.807, 2.05) is 24.3 Å². The van der Waals surface area contributed by atoms with Gasteiger partial charge in [-0.1, -0.05) is 36.4 Å². The van der Waals surface area contributed by atoms with Gasteiger partial charge in [0, 0.05) is 62.8 Å². The van der Waals surface area contributed by atoms with E-state index >= 15 is 0 Å². The van der Waals surface area contributed by atoms with Crippen molar-refractivity contribution < 1.29 is 27.1 Å². The quantitative estimate of drug-likeness (QED) is 0.514. The molecule has 3 aromatic rings. The molecule has 9 heteroatoms. The third-order valence-electron chi connectivity index (χ3n) is 6.02. The molecule has 0 radical (unpaired) electrons. The predicted octanol–water partition coefficient (Wildman–Crippen LogP) is 4.88. The van der Waals surface area contributed by atoms with Crippen LogP contribution in [0.3, 0.4) is 0 Å². The molecule has 1 aliphatic heterocycles. The molecule has 34 heavy (non-hydrogen) atoms. The van der Waals surface area contributed by atoms with Gasteiger partial charge < -0.3 is 5.11 Å². The Kier molecular flexibility index (Phi) is 6.97. The minimum atomic E-state index is -5.56. The highest BCUT2D eigenvalue weighted by Crippen LogP contribution is 2.41. The third-order valence-corrected chi connectivity index (χ3v) is 6.02. The molecule has 1 N–H and O–H groups in total. The average molecular weight is 477 g/mol. The monoisotopic (exact) mass is 477 g/mol. The zero-order chi connectivity index (χ0) is 24.3. The van der Waals surface area contributed by atoms with Crippen molar-refractivity contribution in [2.75, 3.05) is 26.2 Å². The van der Waals surface area contributed by atoms with E-state index < -0.39 is 23.4 Å². The maximum Gasteiger partial charge on any atom is 0.453 e. The Morgan fingerprint density at radius 2 is 1.29 bits per heavy atom. The number of benzene rings is 2. The van der Waals surface area contributed by atoms with Gasteiger partial charge in [-0.3, -0.25) is 14.8 Å². The second-order valence-corrected chi connectivity index (χ2v) is 8.42. The summed E-state index contributed by atoms with van der Waals surface area (Å²) in [4.78, 5) is 8.75. The smallest absolute Gasteiger partial charge is 0.351 e. The number of alkyl halides is 4. The van der Waals surface area contributed by atoms with Crippen molar-refractivity contribution in [3.63, 3.8) is 0 Å². The summed E-state index contributed by atoms with van der Waals surface area (Å²) in [7, 11) is 0. The second-order valence-electron chi connectivity index (χ2n) is 8.42. The summed E-state index contributed by atoms with van der Waals surface area (Å²) in [5.74, 6) is -5.66. The molecular weight excluding hydrogens is 453 g/mol. The molecule has 2 heterocycles. The number of hydrogen-bond donors (Lipinski definition) is 1. The molecule has 1 saturated heterocycles. The number of nitrogens with zero attached hydrogens (tertiary/aromatic N) is 3. The van der Waals surface area contributed by atoms with E-state index in [9.17, 15) is 22.0 Å². The summed E-state index contributed by atoms with van der Waals surface area (Å²) in [6.45, 7) is 5.32. The lowest BCUT2D eigenvalue weighted by atomic mass is 9.99. The van der Waals surface area contributed by atoms with Crippen LogP contribution in [0.15, 0.2) is 67.0 Å². The normalized spacial score (nSPS) is 17.5. The largest absolute Gasteiger partial charge is 0.453 e. The van der Waals surface area contributed by atoms with Crippen LogP contribution in [-0.4, -0.2) is 52.2 Å². The van der Waals surface area contributed by atoms with E-state index in [2.05, 4.69) is 14.8 Å². The maximum atomic E-state index is 14.5. The first-order chi connectivity index (χ1) is 16.1. The molecule has 1 atom stereocenters. The van der Waals surface area contributed by atoms with Crippen LogP contribution in [0, 0.1) is 5.82 Å². The molecular formula is C25H24F5N3O. The standard InChI is InChI=1S/C25H24F5N3O/c26-23-15-21(24(27,34)25(28,29)30)5-6-22(23)20-3-1-18(2-4-20)16-32-11-13-33(14-12-32)17-19-7-9-31-10-8-19/h1-10,15,34H,11-14,16-17H2. The Bertz CT molecular complexity index is 1100. The first-order valence-electron chi connectivity index (χ1n) is 10.8. The fourth-order valence-electron chi connectivity index (χ4n) is 4.02. The van der Waals surface area contributed by atoms with Gasteiger partial charge in [0.05, 0.1) is 0 Å². The van der Waals surface area contributed by atoms with E-state index in [-0.39, 0.29) is 5.56 Å². The zero-order valence-electron chi connectivity index (χ0n) is 18.3. The van der Waals surface area contributed by atoms with Gasteiger partial charge in [0.2, 0.25) is 0 Å². The van der Waals surface area contributed by atoms with Crippen LogP contribution in [0.2, 0.25) is 0 Å². The van der Waals surface area contributed by atoms with Crippen molar-refractivity contribution in [3.8, 4) is 11.1 Å². The Hall–Kier alpha value is -2.88. The Labute approximate surface area is 194 Å². The van der Waals surface area contributed by atoms with Crippen LogP contribution in [0.5, 0.6) is 0 Å². The summed E-state index contributed by atoms with van der Waals surface area (Å²) in [5, 5.41) is 9.12. The number of rotatable bonds is 6. The lowest BCUT2D eigenvalue weighted by Gasteiger charge is -2.34. The van der Waals surface area contributed by atoms with Crippen LogP contribution < -0.4 is 0 Å². The molecule has 0 aliphatic carbocycles. The topological polar surface area (TPSA) is 39.6 Å². The van der Waals surface area contributed by atoms with Crippen LogP contribution in [0.1, 0.15) is 16.7 Å². The Morgan fingerprint density at radius 3 is 1.79 bits per heavy atom. The average Bonchev–Trinajstić information content (AvgIpc) is 2.81. The van der Waals surface area contributed by atoms with Crippen LogP contribution in [0.4, 0.5) is 22.0 Å². The van der Waals surface area contributed by atoms with E-state index in [1.54, 1.807) is 24.5 Å². The number of halogens is 5. The summed E-state index contributed by atoms with van der Waals surface area (Å²) >= 11 is 0. The minimum absolute atomic E-state index is 0.0259. The molecule has 0 amide bonds. The van der Waals surface area contributed by atoms with Crippen molar-refractivity contribution in [3.05, 3.63) is 89.5 Å². The third kappa shape index (κ3) is 5.43. The van der Waals surface area contributed by atoms with Crippen molar-refractivity contribution in [1.29, 1.82) is 0 Å². The van der Waals surface area contributed by atoms with Gasteiger partial charge in [0.1, 0.15) is 5.82 Å². The number of piperazine rings is 1. The van der Waals surface area contributed by atoms with Crippen molar-refractivity contribution in [1.82, 2.24) is 14.8 Å². The first-order valence-corrected chi connectivity index (χ1v) is 10.8. The number of hydrogen-bond acceptors (Lipinski definition) is 4. The molecule has 0 bridgehead atoms. The molecule has 4 nitrogen and oxygen atoms in total. The molecule has 4 rings (SSSR count). The highest BCUT2D eigenvalue weighted by atomic mass is 19.4. The van der Waals surface area contributed by atoms with E-state index in [4.69, 9.17) is 5.11 Å². The highest BCUT2D eigenvalue weighted by Gasteiger charge is 2.56. The fourth-order valence-corrected chi connectivity index (χ4v) is 4.02. The van der Waals surface area contributed by atoms with Gasteiger partial charge in [-0.15, -0.1) is 0 Å². The van der Waals surface area contributed by atoms with Gasteiger partial charge >= 0.3 is 12.0 Å². The van der Waals surface area contributed by atoms with Crippen LogP contribution in [0.25, 0.3) is 11.1 Å². The molecule has 180 valence electrons. The van der Waals surface area contributed by atoms with Crippen molar-refractivity contribution in [2.45, 2.75) is 25.1 Å². The molecule has 2 aromatic carbocycles.